The fraction of sp³-hybridized carbons (Fsp3) is 0.321. The highest BCUT2D eigenvalue weighted by Gasteiger charge is 2.35. The highest BCUT2D eigenvalue weighted by atomic mass is 32.2. The molecule has 1 atom stereocenters. The van der Waals surface area contributed by atoms with E-state index < -0.39 is 44.3 Å². The number of nitrogens with zero attached hydrogens (tertiary/aromatic N) is 1. The second-order valence-electron chi connectivity index (χ2n) is 8.41. The minimum Gasteiger partial charge on any atom is -0.489 e. The summed E-state index contributed by atoms with van der Waals surface area (Å²) in [5.41, 5.74) is -0.988. The Morgan fingerprint density at radius 2 is 1.73 bits per heavy atom. The molecule has 1 heterocycles. The van der Waals surface area contributed by atoms with Crippen LogP contribution in [-0.4, -0.2) is 32.6 Å². The van der Waals surface area contributed by atoms with Crippen LogP contribution in [-0.2, 0) is 21.0 Å². The Morgan fingerprint density at radius 3 is 2.30 bits per heavy atom. The maximum absolute atomic E-state index is 14.2. The van der Waals surface area contributed by atoms with E-state index in [1.807, 2.05) is 20.8 Å². The van der Waals surface area contributed by atoms with E-state index in [9.17, 15) is 35.2 Å². The molecule has 4 rings (SSSR count). The van der Waals surface area contributed by atoms with Gasteiger partial charge in [-0.2, -0.15) is 13.2 Å². The van der Waals surface area contributed by atoms with Crippen molar-refractivity contribution in [3.8, 4) is 16.9 Å². The first-order valence-corrected chi connectivity index (χ1v) is 13.8. The molecular weight excluding hydrogens is 557 g/mol. The van der Waals surface area contributed by atoms with E-state index in [2.05, 4.69) is 0 Å². The summed E-state index contributed by atoms with van der Waals surface area (Å²) in [6.07, 6.45) is -3.99. The average Bonchev–Trinajstić information content (AvgIpc) is 2.94. The van der Waals surface area contributed by atoms with Gasteiger partial charge in [0.2, 0.25) is 0 Å². The van der Waals surface area contributed by atoms with Gasteiger partial charge in [0.25, 0.3) is 10.0 Å². The largest absolute Gasteiger partial charge is 0.489 e. The average molecular weight is 588 g/mol. The van der Waals surface area contributed by atoms with Crippen molar-refractivity contribution in [2.45, 2.75) is 45.2 Å². The summed E-state index contributed by atoms with van der Waals surface area (Å²) in [7, 11) is -4.39. The molecule has 1 aliphatic heterocycles. The summed E-state index contributed by atoms with van der Waals surface area (Å²) in [5.74, 6) is -2.13. The summed E-state index contributed by atoms with van der Waals surface area (Å²) in [6, 6.07) is 10.4. The summed E-state index contributed by atoms with van der Waals surface area (Å²) in [5, 5.41) is 8.18. The summed E-state index contributed by atoms with van der Waals surface area (Å²) in [6.45, 7) is 7.36. The molecule has 0 amide bonds. The Kier molecular flexibility index (Phi) is 11.1. The van der Waals surface area contributed by atoms with Crippen molar-refractivity contribution in [1.82, 2.24) is 0 Å². The number of aliphatic carboxylic acids is 1. The van der Waals surface area contributed by atoms with Crippen molar-refractivity contribution < 1.29 is 45.0 Å². The number of anilines is 1. The lowest BCUT2D eigenvalue weighted by molar-refractivity contribution is -0.141. The van der Waals surface area contributed by atoms with Gasteiger partial charge in [0.05, 0.1) is 28.6 Å². The fourth-order valence-corrected chi connectivity index (χ4v) is 4.96. The highest BCUT2D eigenvalue weighted by Crippen LogP contribution is 2.40. The number of hydrogen-bond donors (Lipinski definition) is 1. The van der Waals surface area contributed by atoms with Gasteiger partial charge in [-0.3, -0.25) is 9.10 Å². The first-order valence-electron chi connectivity index (χ1n) is 12.4. The van der Waals surface area contributed by atoms with Gasteiger partial charge in [-0.05, 0) is 60.5 Å². The Labute approximate surface area is 230 Å². The minimum atomic E-state index is -4.71. The Morgan fingerprint density at radius 1 is 1.05 bits per heavy atom. The Balaban J connectivity index is 0.000000545. The lowest BCUT2D eigenvalue weighted by Crippen LogP contribution is -2.38. The third kappa shape index (κ3) is 7.71. The van der Waals surface area contributed by atoms with Crippen molar-refractivity contribution >= 4 is 21.7 Å². The zero-order valence-corrected chi connectivity index (χ0v) is 23.1. The lowest BCUT2D eigenvalue weighted by Gasteiger charge is -2.31. The summed E-state index contributed by atoms with van der Waals surface area (Å²) >= 11 is 0. The normalized spacial score (nSPS) is 13.5. The Hall–Kier alpha value is -3.67. The van der Waals surface area contributed by atoms with Gasteiger partial charge in [0, 0.05) is 5.56 Å². The summed E-state index contributed by atoms with van der Waals surface area (Å²) in [4.78, 5) is 9.39. The number of benzene rings is 3. The second-order valence-corrected chi connectivity index (χ2v) is 10.3. The van der Waals surface area contributed by atoms with Crippen molar-refractivity contribution in [3.63, 3.8) is 0 Å². The molecule has 1 N–H and O–H groups in total. The van der Waals surface area contributed by atoms with Gasteiger partial charge >= 0.3 is 12.1 Å². The van der Waals surface area contributed by atoms with Crippen molar-refractivity contribution in [2.24, 2.45) is 5.92 Å². The van der Waals surface area contributed by atoms with Crippen molar-refractivity contribution in [3.05, 3.63) is 77.9 Å². The van der Waals surface area contributed by atoms with Crippen LogP contribution in [0.4, 0.5) is 27.6 Å². The predicted octanol–water partition coefficient (Wildman–Crippen LogP) is 7.38. The molecule has 0 aliphatic carbocycles. The van der Waals surface area contributed by atoms with Crippen molar-refractivity contribution in [1.29, 1.82) is 0 Å². The molecule has 6 nitrogen and oxygen atoms in total. The van der Waals surface area contributed by atoms with Crippen LogP contribution < -0.4 is 9.04 Å². The topological polar surface area (TPSA) is 83.9 Å². The van der Waals surface area contributed by atoms with Crippen molar-refractivity contribution in [2.75, 3.05) is 17.5 Å². The van der Waals surface area contributed by atoms with Crippen LogP contribution in [0.25, 0.3) is 11.1 Å². The molecule has 0 radical (unpaired) electrons. The van der Waals surface area contributed by atoms with E-state index in [4.69, 9.17) is 9.84 Å². The van der Waals surface area contributed by atoms with Gasteiger partial charge in [0.15, 0.2) is 0 Å². The first-order chi connectivity index (χ1) is 18.8. The molecule has 0 fully saturated rings. The molecule has 12 heteroatoms. The molecular formula is C28H30F5NO5S. The minimum absolute atomic E-state index is 0.0184. The molecule has 3 aromatic rings. The standard InChI is InChI=1S/C21H14F5NO3S.C5H10O2.C2H6/c22-15-5-6-18(23)17(12-15)13-4-7-20-19(10-13)27(8-9-30-20)31(28,29)16-3-1-2-14(11-16)21(24,25)26;1-3-4(2)5(6)7;1-2/h1-7,10-12H,8-9H2;4H,3H2,1-2H3,(H,6,7);1-2H3. The van der Waals surface area contributed by atoms with Crippen LogP contribution >= 0.6 is 0 Å². The monoisotopic (exact) mass is 587 g/mol. The van der Waals surface area contributed by atoms with Crippen LogP contribution in [0.5, 0.6) is 5.75 Å². The maximum Gasteiger partial charge on any atom is 0.416 e. The third-order valence-corrected chi connectivity index (χ3v) is 7.61. The van der Waals surface area contributed by atoms with Gasteiger partial charge in [-0.1, -0.05) is 39.8 Å². The van der Waals surface area contributed by atoms with Crippen LogP contribution in [0.3, 0.4) is 0 Å². The zero-order chi connectivity index (χ0) is 30.3. The van der Waals surface area contributed by atoms with Crippen LogP contribution in [0.2, 0.25) is 0 Å². The maximum atomic E-state index is 14.2. The number of carboxylic acids is 1. The number of rotatable bonds is 5. The SMILES string of the molecule is CC.CCC(C)C(=O)O.O=S(=O)(c1cccc(C(F)(F)F)c1)N1CCOc2ccc(-c3cc(F)ccc3F)cc21. The molecule has 0 aromatic heterocycles. The molecule has 0 saturated heterocycles. The number of carbonyl (C=O) groups is 1. The number of ether oxygens (including phenoxy) is 1. The number of hydrogen-bond acceptors (Lipinski definition) is 4. The van der Waals surface area contributed by atoms with E-state index in [-0.39, 0.29) is 41.6 Å². The quantitative estimate of drug-likeness (QED) is 0.315. The zero-order valence-electron chi connectivity index (χ0n) is 22.3. The van der Waals surface area contributed by atoms with E-state index in [0.29, 0.717) is 6.07 Å². The lowest BCUT2D eigenvalue weighted by atomic mass is 10.0. The van der Waals surface area contributed by atoms with Gasteiger partial charge < -0.3 is 9.84 Å². The highest BCUT2D eigenvalue weighted by molar-refractivity contribution is 7.92. The van der Waals surface area contributed by atoms with E-state index in [1.165, 1.54) is 18.2 Å². The van der Waals surface area contributed by atoms with E-state index in [1.54, 1.807) is 6.92 Å². The van der Waals surface area contributed by atoms with Gasteiger partial charge in [-0.15, -0.1) is 0 Å². The summed E-state index contributed by atoms with van der Waals surface area (Å²) < 4.78 is 99.7. The molecule has 0 saturated carbocycles. The number of sulfonamides is 1. The molecule has 0 bridgehead atoms. The molecule has 1 unspecified atom stereocenters. The van der Waals surface area contributed by atoms with Crippen LogP contribution in [0, 0.1) is 17.6 Å². The molecule has 0 spiro atoms. The van der Waals surface area contributed by atoms with Crippen LogP contribution in [0.1, 0.15) is 39.7 Å². The third-order valence-electron chi connectivity index (χ3n) is 5.80. The van der Waals surface area contributed by atoms with E-state index >= 15 is 0 Å². The molecule has 1 aliphatic rings. The smallest absolute Gasteiger partial charge is 0.416 e. The molecule has 40 heavy (non-hydrogen) atoms. The Bertz CT molecular complexity index is 1430. The number of halogens is 5. The van der Waals surface area contributed by atoms with Crippen LogP contribution in [0.15, 0.2) is 65.6 Å². The van der Waals surface area contributed by atoms with Gasteiger partial charge in [0.1, 0.15) is 24.0 Å². The predicted molar refractivity (Wildman–Crippen MR) is 142 cm³/mol. The van der Waals surface area contributed by atoms with Gasteiger partial charge in [-0.25, -0.2) is 17.2 Å². The number of carboxylic acid groups (broad SMARTS) is 1. The second kappa shape index (κ2) is 13.6. The number of fused-ring (bicyclic) bond motifs is 1. The first kappa shape index (κ1) is 32.5. The molecule has 218 valence electrons. The fourth-order valence-electron chi connectivity index (χ4n) is 3.46. The van der Waals surface area contributed by atoms with E-state index in [0.717, 1.165) is 47.1 Å². The number of alkyl halides is 3. The molecule has 3 aromatic carbocycles.